The lowest BCUT2D eigenvalue weighted by atomic mass is 10.1. The Morgan fingerprint density at radius 2 is 0.925 bits per heavy atom. The van der Waals surface area contributed by atoms with E-state index >= 15 is 0 Å². The van der Waals surface area contributed by atoms with Crippen molar-refractivity contribution in [3.8, 4) is 45.6 Å². The van der Waals surface area contributed by atoms with Gasteiger partial charge in [-0.1, -0.05) is 60.7 Å². The number of oxazole rings is 2. The van der Waals surface area contributed by atoms with Crippen LogP contribution in [0.15, 0.2) is 93.8 Å². The molecule has 0 aliphatic carbocycles. The summed E-state index contributed by atoms with van der Waals surface area (Å²) in [7, 11) is 0. The van der Waals surface area contributed by atoms with E-state index in [0.717, 1.165) is 33.6 Å². The fourth-order valence-corrected chi connectivity index (χ4v) is 4.49. The predicted octanol–water partition coefficient (Wildman–Crippen LogP) is 7.15. The molecule has 0 spiro atoms. The Morgan fingerprint density at radius 3 is 1.27 bits per heavy atom. The average Bonchev–Trinajstić information content (AvgIpc) is 3.59. The number of aromatic nitrogens is 2. The number of carboxylic acids is 2. The zero-order valence-electron chi connectivity index (χ0n) is 21.7. The lowest BCUT2D eigenvalue weighted by Crippen LogP contribution is -1.97. The molecule has 0 unspecified atom stereocenters. The second kappa shape index (κ2) is 12.3. The maximum atomic E-state index is 11.0. The summed E-state index contributed by atoms with van der Waals surface area (Å²) in [6, 6.07) is 26.8. The largest absolute Gasteiger partial charge is 0.481 e. The summed E-state index contributed by atoms with van der Waals surface area (Å²) in [6.07, 6.45) is 2.02. The molecular formula is C32H28N2O6. The Labute approximate surface area is 231 Å². The Balaban J connectivity index is 1.43. The maximum absolute atomic E-state index is 11.0. The van der Waals surface area contributed by atoms with Crippen LogP contribution in [-0.2, 0) is 22.4 Å². The third-order valence-electron chi connectivity index (χ3n) is 6.45. The van der Waals surface area contributed by atoms with Crippen LogP contribution in [0.5, 0.6) is 0 Å². The number of hydrogen-bond donors (Lipinski definition) is 2. The molecule has 0 fully saturated rings. The molecule has 3 aromatic carbocycles. The first kappa shape index (κ1) is 26.6. The second-order valence-electron chi connectivity index (χ2n) is 9.39. The summed E-state index contributed by atoms with van der Waals surface area (Å²) >= 11 is 0. The monoisotopic (exact) mass is 536 g/mol. The van der Waals surface area contributed by atoms with E-state index in [9.17, 15) is 9.59 Å². The standard InChI is InChI=1S/C32H28N2O6/c35-27(36)15-7-13-25-29(21-9-3-1-4-10-21)39-31(33-25)23-17-19-24(20-18-23)32-34-26(14-8-16-28(37)38)30(40-32)22-11-5-2-6-12-22/h1-6,9-12,17-20H,7-8,13-16H2,(H,35,36)(H,37,38). The Morgan fingerprint density at radius 1 is 0.550 bits per heavy atom. The lowest BCUT2D eigenvalue weighted by molar-refractivity contribution is -0.138. The van der Waals surface area contributed by atoms with E-state index in [1.165, 1.54) is 0 Å². The van der Waals surface area contributed by atoms with Crippen LogP contribution in [0.25, 0.3) is 45.6 Å². The van der Waals surface area contributed by atoms with Gasteiger partial charge in [-0.25, -0.2) is 9.97 Å². The second-order valence-corrected chi connectivity index (χ2v) is 9.39. The van der Waals surface area contributed by atoms with Gasteiger partial charge in [-0.3, -0.25) is 9.59 Å². The molecule has 0 aliphatic heterocycles. The molecule has 8 heteroatoms. The first-order valence-electron chi connectivity index (χ1n) is 13.1. The summed E-state index contributed by atoms with van der Waals surface area (Å²) in [5.74, 6) is 0.484. The summed E-state index contributed by atoms with van der Waals surface area (Å²) in [4.78, 5) is 31.5. The molecule has 0 atom stereocenters. The quantitative estimate of drug-likeness (QED) is 0.172. The zero-order valence-corrected chi connectivity index (χ0v) is 21.7. The third kappa shape index (κ3) is 6.35. The summed E-state index contributed by atoms with van der Waals surface area (Å²) in [6.45, 7) is 0. The normalized spacial score (nSPS) is 11.0. The highest BCUT2D eigenvalue weighted by molar-refractivity contribution is 5.69. The van der Waals surface area contributed by atoms with Crippen molar-refractivity contribution >= 4 is 11.9 Å². The summed E-state index contributed by atoms with van der Waals surface area (Å²) in [5, 5.41) is 18.1. The molecule has 202 valence electrons. The molecule has 5 aromatic rings. The van der Waals surface area contributed by atoms with Gasteiger partial charge in [-0.2, -0.15) is 0 Å². The molecule has 2 heterocycles. The molecule has 0 radical (unpaired) electrons. The van der Waals surface area contributed by atoms with Crippen LogP contribution in [0, 0.1) is 0 Å². The van der Waals surface area contributed by atoms with Gasteiger partial charge < -0.3 is 19.0 Å². The average molecular weight is 537 g/mol. The summed E-state index contributed by atoms with van der Waals surface area (Å²) < 4.78 is 12.4. The number of benzene rings is 3. The van der Waals surface area contributed by atoms with Crippen molar-refractivity contribution < 1.29 is 28.6 Å². The molecule has 40 heavy (non-hydrogen) atoms. The van der Waals surface area contributed by atoms with Crippen molar-refractivity contribution in [2.75, 3.05) is 0 Å². The first-order chi connectivity index (χ1) is 19.5. The molecule has 0 saturated heterocycles. The fraction of sp³-hybridized carbons (Fsp3) is 0.188. The van der Waals surface area contributed by atoms with Gasteiger partial charge in [0.25, 0.3) is 0 Å². The molecule has 0 bridgehead atoms. The highest BCUT2D eigenvalue weighted by Crippen LogP contribution is 2.34. The highest BCUT2D eigenvalue weighted by Gasteiger charge is 2.19. The molecule has 5 rings (SSSR count). The van der Waals surface area contributed by atoms with E-state index in [2.05, 4.69) is 0 Å². The van der Waals surface area contributed by atoms with E-state index < -0.39 is 11.9 Å². The van der Waals surface area contributed by atoms with Crippen molar-refractivity contribution in [1.82, 2.24) is 9.97 Å². The zero-order chi connectivity index (χ0) is 27.9. The van der Waals surface area contributed by atoms with Crippen molar-refractivity contribution in [1.29, 1.82) is 0 Å². The van der Waals surface area contributed by atoms with Gasteiger partial charge in [0, 0.05) is 35.1 Å². The van der Waals surface area contributed by atoms with Gasteiger partial charge in [0.1, 0.15) is 0 Å². The van der Waals surface area contributed by atoms with Crippen LogP contribution in [0.1, 0.15) is 37.1 Å². The first-order valence-corrected chi connectivity index (χ1v) is 13.1. The van der Waals surface area contributed by atoms with Crippen molar-refractivity contribution in [3.63, 3.8) is 0 Å². The molecule has 2 aromatic heterocycles. The van der Waals surface area contributed by atoms with Gasteiger partial charge in [0.15, 0.2) is 11.5 Å². The van der Waals surface area contributed by atoms with Crippen molar-refractivity contribution in [3.05, 3.63) is 96.3 Å². The molecule has 8 nitrogen and oxygen atoms in total. The molecule has 0 saturated carbocycles. The van der Waals surface area contributed by atoms with Gasteiger partial charge in [0.2, 0.25) is 11.8 Å². The lowest BCUT2D eigenvalue weighted by Gasteiger charge is -2.00. The third-order valence-corrected chi connectivity index (χ3v) is 6.45. The topological polar surface area (TPSA) is 127 Å². The number of rotatable bonds is 12. The van der Waals surface area contributed by atoms with Crippen LogP contribution in [-0.4, -0.2) is 32.1 Å². The van der Waals surface area contributed by atoms with Gasteiger partial charge in [-0.15, -0.1) is 0 Å². The number of carboxylic acid groups (broad SMARTS) is 2. The van der Waals surface area contributed by atoms with Crippen molar-refractivity contribution in [2.24, 2.45) is 0 Å². The van der Waals surface area contributed by atoms with Crippen LogP contribution in [0.4, 0.5) is 0 Å². The van der Waals surface area contributed by atoms with Gasteiger partial charge in [0.05, 0.1) is 11.4 Å². The van der Waals surface area contributed by atoms with Crippen molar-refractivity contribution in [2.45, 2.75) is 38.5 Å². The Kier molecular flexibility index (Phi) is 8.15. The van der Waals surface area contributed by atoms with E-state index in [0.29, 0.717) is 49.0 Å². The van der Waals surface area contributed by atoms with Crippen LogP contribution >= 0.6 is 0 Å². The predicted molar refractivity (Wildman–Crippen MR) is 149 cm³/mol. The Hall–Kier alpha value is -4.98. The van der Waals surface area contributed by atoms with Crippen LogP contribution in [0.3, 0.4) is 0 Å². The number of aryl methyl sites for hydroxylation is 2. The van der Waals surface area contributed by atoms with Gasteiger partial charge >= 0.3 is 11.9 Å². The smallest absolute Gasteiger partial charge is 0.303 e. The van der Waals surface area contributed by atoms with E-state index in [1.807, 2.05) is 84.9 Å². The number of nitrogens with zero attached hydrogens (tertiary/aromatic N) is 2. The van der Waals surface area contributed by atoms with Crippen LogP contribution < -0.4 is 0 Å². The van der Waals surface area contributed by atoms with Gasteiger partial charge in [-0.05, 0) is 49.9 Å². The minimum absolute atomic E-state index is 0.0601. The number of aliphatic carboxylic acids is 2. The molecule has 0 amide bonds. The number of carbonyl (C=O) groups is 2. The SMILES string of the molecule is O=C(O)CCCc1nc(-c2ccc(-c3nc(CCCC(=O)O)c(-c4ccccc4)o3)cc2)oc1-c1ccccc1. The maximum Gasteiger partial charge on any atom is 0.303 e. The molecule has 0 aliphatic rings. The van der Waals surface area contributed by atoms with E-state index in [-0.39, 0.29) is 12.8 Å². The fourth-order valence-electron chi connectivity index (χ4n) is 4.49. The molecular weight excluding hydrogens is 508 g/mol. The molecule has 2 N–H and O–H groups in total. The number of hydrogen-bond acceptors (Lipinski definition) is 6. The van der Waals surface area contributed by atoms with Crippen LogP contribution in [0.2, 0.25) is 0 Å². The minimum Gasteiger partial charge on any atom is -0.481 e. The highest BCUT2D eigenvalue weighted by atomic mass is 16.4. The summed E-state index contributed by atoms with van der Waals surface area (Å²) in [5.41, 5.74) is 4.73. The van der Waals surface area contributed by atoms with E-state index in [4.69, 9.17) is 29.0 Å². The van der Waals surface area contributed by atoms with E-state index in [1.54, 1.807) is 0 Å². The minimum atomic E-state index is -0.840. The Bertz CT molecular complexity index is 1470.